The van der Waals surface area contributed by atoms with Crippen molar-refractivity contribution in [1.82, 2.24) is 10.6 Å². The second kappa shape index (κ2) is 7.66. The van der Waals surface area contributed by atoms with Crippen LogP contribution in [-0.2, 0) is 5.41 Å². The van der Waals surface area contributed by atoms with E-state index < -0.39 is 0 Å². The first-order chi connectivity index (χ1) is 12.1. The molecule has 1 heterocycles. The summed E-state index contributed by atoms with van der Waals surface area (Å²) in [4.78, 5) is 12.6. The van der Waals surface area contributed by atoms with Crippen LogP contribution in [0, 0.1) is 5.82 Å². The van der Waals surface area contributed by atoms with Gasteiger partial charge in [-0.25, -0.2) is 4.39 Å². The number of nitrogens with one attached hydrogen (secondary N) is 2. The number of ether oxygens (including phenoxy) is 1. The number of amides is 1. The lowest BCUT2D eigenvalue weighted by molar-refractivity contribution is 0.0934. The van der Waals surface area contributed by atoms with E-state index in [1.165, 1.54) is 6.07 Å². The molecular weight excluding hydrogens is 319 g/mol. The Balaban J connectivity index is 1.81. The lowest BCUT2D eigenvalue weighted by Crippen LogP contribution is -2.47. The molecule has 0 aromatic heterocycles. The summed E-state index contributed by atoms with van der Waals surface area (Å²) >= 11 is 0. The highest BCUT2D eigenvalue weighted by Crippen LogP contribution is 2.33. The Morgan fingerprint density at radius 2 is 1.96 bits per heavy atom. The highest BCUT2D eigenvalue weighted by atomic mass is 19.1. The Morgan fingerprint density at radius 3 is 2.68 bits per heavy atom. The number of methoxy groups -OCH3 is 1. The average Bonchev–Trinajstić information content (AvgIpc) is 2.67. The number of carbonyl (C=O) groups excluding carboxylic acids is 1. The van der Waals surface area contributed by atoms with Gasteiger partial charge in [-0.15, -0.1) is 0 Å². The van der Waals surface area contributed by atoms with Crippen LogP contribution in [0.5, 0.6) is 5.75 Å². The minimum absolute atomic E-state index is 0.174. The number of piperidine rings is 1. The fourth-order valence-corrected chi connectivity index (χ4v) is 3.47. The van der Waals surface area contributed by atoms with Crippen LogP contribution in [0.1, 0.15) is 28.8 Å². The Kier molecular flexibility index (Phi) is 5.34. The minimum atomic E-state index is -0.259. The Labute approximate surface area is 147 Å². The predicted octanol–water partition coefficient (Wildman–Crippen LogP) is 2.89. The number of benzene rings is 2. The van der Waals surface area contributed by atoms with Crippen LogP contribution in [0.4, 0.5) is 4.39 Å². The number of hydrogen-bond acceptors (Lipinski definition) is 3. The van der Waals surface area contributed by atoms with Gasteiger partial charge in [-0.3, -0.25) is 4.79 Å². The normalized spacial score (nSPS) is 16.2. The molecule has 1 fully saturated rings. The maximum Gasteiger partial charge on any atom is 0.255 e. The quantitative estimate of drug-likeness (QED) is 0.878. The third-order valence-corrected chi connectivity index (χ3v) is 4.94. The molecule has 0 radical (unpaired) electrons. The number of rotatable bonds is 5. The van der Waals surface area contributed by atoms with E-state index in [0.717, 1.165) is 31.5 Å². The molecule has 2 aromatic carbocycles. The molecule has 3 rings (SSSR count). The van der Waals surface area contributed by atoms with Crippen molar-refractivity contribution in [1.29, 1.82) is 0 Å². The number of halogens is 1. The van der Waals surface area contributed by atoms with Crippen molar-refractivity contribution in [3.8, 4) is 5.75 Å². The second-order valence-electron chi connectivity index (χ2n) is 6.42. The molecular formula is C20H23FN2O2. The predicted molar refractivity (Wildman–Crippen MR) is 95.5 cm³/mol. The zero-order valence-electron chi connectivity index (χ0n) is 14.3. The van der Waals surface area contributed by atoms with Crippen LogP contribution in [0.2, 0.25) is 0 Å². The molecule has 5 heteroatoms. The molecule has 1 amide bonds. The molecule has 1 aliphatic rings. The monoisotopic (exact) mass is 342 g/mol. The zero-order chi connectivity index (χ0) is 17.7. The average molecular weight is 342 g/mol. The van der Waals surface area contributed by atoms with E-state index in [-0.39, 0.29) is 17.1 Å². The molecule has 0 atom stereocenters. The van der Waals surface area contributed by atoms with Gasteiger partial charge in [0.1, 0.15) is 11.6 Å². The smallest absolute Gasteiger partial charge is 0.255 e. The lowest BCUT2D eigenvalue weighted by atomic mass is 9.73. The van der Waals surface area contributed by atoms with Crippen molar-refractivity contribution >= 4 is 5.91 Å². The molecule has 25 heavy (non-hydrogen) atoms. The Bertz CT molecular complexity index is 742. The van der Waals surface area contributed by atoms with Gasteiger partial charge in [-0.05, 0) is 55.8 Å². The Morgan fingerprint density at radius 1 is 1.20 bits per heavy atom. The lowest BCUT2D eigenvalue weighted by Gasteiger charge is -2.38. The van der Waals surface area contributed by atoms with Crippen LogP contribution in [0.3, 0.4) is 0 Å². The summed E-state index contributed by atoms with van der Waals surface area (Å²) in [6.07, 6.45) is 1.70. The van der Waals surface area contributed by atoms with E-state index >= 15 is 0 Å². The van der Waals surface area contributed by atoms with Crippen LogP contribution in [0.25, 0.3) is 0 Å². The molecule has 0 spiro atoms. The van der Waals surface area contributed by atoms with Crippen molar-refractivity contribution in [3.63, 3.8) is 0 Å². The standard InChI is InChI=1S/C20H23FN2O2/c1-25-18-8-3-2-7-17(18)19(24)23-14-20(9-11-22-12-10-20)15-5-4-6-16(21)13-15/h2-8,13,22H,9-12,14H2,1H3,(H,23,24). The van der Waals surface area contributed by atoms with Gasteiger partial charge in [-0.2, -0.15) is 0 Å². The topological polar surface area (TPSA) is 50.4 Å². The number of hydrogen-bond donors (Lipinski definition) is 2. The first-order valence-electron chi connectivity index (χ1n) is 8.53. The van der Waals surface area contributed by atoms with Crippen LogP contribution < -0.4 is 15.4 Å². The van der Waals surface area contributed by atoms with Crippen molar-refractivity contribution < 1.29 is 13.9 Å². The maximum absolute atomic E-state index is 13.7. The molecule has 4 nitrogen and oxygen atoms in total. The van der Waals surface area contributed by atoms with Crippen LogP contribution in [0.15, 0.2) is 48.5 Å². The molecule has 2 N–H and O–H groups in total. The minimum Gasteiger partial charge on any atom is -0.496 e. The number of para-hydroxylation sites is 1. The highest BCUT2D eigenvalue weighted by molar-refractivity contribution is 5.96. The summed E-state index contributed by atoms with van der Waals surface area (Å²) in [7, 11) is 1.55. The number of carbonyl (C=O) groups is 1. The van der Waals surface area contributed by atoms with Gasteiger partial charge in [0.15, 0.2) is 0 Å². The van der Waals surface area contributed by atoms with Crippen LogP contribution >= 0.6 is 0 Å². The van der Waals surface area contributed by atoms with Gasteiger partial charge in [-0.1, -0.05) is 24.3 Å². The van der Waals surface area contributed by atoms with Crippen molar-refractivity contribution in [2.45, 2.75) is 18.3 Å². The molecule has 0 aliphatic carbocycles. The molecule has 132 valence electrons. The third-order valence-electron chi connectivity index (χ3n) is 4.94. The van der Waals surface area contributed by atoms with E-state index in [9.17, 15) is 9.18 Å². The van der Waals surface area contributed by atoms with Gasteiger partial charge in [0.05, 0.1) is 12.7 Å². The van der Waals surface area contributed by atoms with Crippen molar-refractivity contribution in [2.75, 3.05) is 26.7 Å². The van der Waals surface area contributed by atoms with Gasteiger partial charge in [0.25, 0.3) is 5.91 Å². The van der Waals surface area contributed by atoms with E-state index in [1.807, 2.05) is 18.2 Å². The van der Waals surface area contributed by atoms with Gasteiger partial charge >= 0.3 is 0 Å². The van der Waals surface area contributed by atoms with E-state index in [0.29, 0.717) is 17.9 Å². The molecule has 0 saturated carbocycles. The van der Waals surface area contributed by atoms with Crippen molar-refractivity contribution in [2.24, 2.45) is 0 Å². The molecule has 0 bridgehead atoms. The SMILES string of the molecule is COc1ccccc1C(=O)NCC1(c2cccc(F)c2)CCNCC1. The second-order valence-corrected chi connectivity index (χ2v) is 6.42. The van der Waals surface area contributed by atoms with Gasteiger partial charge in [0.2, 0.25) is 0 Å². The largest absolute Gasteiger partial charge is 0.496 e. The van der Waals surface area contributed by atoms with Gasteiger partial charge < -0.3 is 15.4 Å². The van der Waals surface area contributed by atoms with Crippen LogP contribution in [-0.4, -0.2) is 32.7 Å². The summed E-state index contributed by atoms with van der Waals surface area (Å²) in [5, 5.41) is 6.37. The molecule has 0 unspecified atom stereocenters. The Hall–Kier alpha value is -2.40. The van der Waals surface area contributed by atoms with E-state index in [1.54, 1.807) is 31.4 Å². The third kappa shape index (κ3) is 3.82. The molecule has 2 aromatic rings. The summed E-state index contributed by atoms with van der Waals surface area (Å²) in [5.74, 6) is 0.128. The summed E-state index contributed by atoms with van der Waals surface area (Å²) < 4.78 is 19.0. The fourth-order valence-electron chi connectivity index (χ4n) is 3.47. The first kappa shape index (κ1) is 17.4. The molecule has 1 saturated heterocycles. The zero-order valence-corrected chi connectivity index (χ0v) is 14.3. The highest BCUT2D eigenvalue weighted by Gasteiger charge is 2.34. The first-order valence-corrected chi connectivity index (χ1v) is 8.53. The van der Waals surface area contributed by atoms with Gasteiger partial charge in [0, 0.05) is 12.0 Å². The maximum atomic E-state index is 13.7. The van der Waals surface area contributed by atoms with E-state index in [4.69, 9.17) is 4.74 Å². The van der Waals surface area contributed by atoms with Crippen molar-refractivity contribution in [3.05, 3.63) is 65.5 Å². The molecule has 1 aliphatic heterocycles. The van der Waals surface area contributed by atoms with E-state index in [2.05, 4.69) is 10.6 Å². The summed E-state index contributed by atoms with van der Waals surface area (Å²) in [5.41, 5.74) is 1.19. The summed E-state index contributed by atoms with van der Waals surface area (Å²) in [6.45, 7) is 2.16. The summed E-state index contributed by atoms with van der Waals surface area (Å²) in [6, 6.07) is 13.9. The fraction of sp³-hybridized carbons (Fsp3) is 0.350.